The Kier molecular flexibility index (Phi) is 4.57. The number of nitrogens with one attached hydrogen (secondary N) is 1. The molecular formula is C19H16ClN3O3S. The maximum Gasteiger partial charge on any atom is 0.270 e. The molecule has 6 nitrogen and oxygen atoms in total. The van der Waals surface area contributed by atoms with Crippen LogP contribution < -0.4 is 5.56 Å². The van der Waals surface area contributed by atoms with Gasteiger partial charge >= 0.3 is 0 Å². The van der Waals surface area contributed by atoms with Gasteiger partial charge in [0.05, 0.1) is 15.3 Å². The Labute approximate surface area is 163 Å². The number of fused-ring (bicyclic) bond motifs is 3. The Morgan fingerprint density at radius 3 is 3.07 bits per heavy atom. The van der Waals surface area contributed by atoms with Crippen LogP contribution in [0.25, 0.3) is 21.3 Å². The van der Waals surface area contributed by atoms with Crippen molar-refractivity contribution in [3.63, 3.8) is 0 Å². The highest BCUT2D eigenvalue weighted by molar-refractivity contribution is 7.18. The zero-order valence-corrected chi connectivity index (χ0v) is 16.1. The molecule has 0 fully saturated rings. The summed E-state index contributed by atoms with van der Waals surface area (Å²) < 4.78 is 0. The maximum atomic E-state index is 12.7. The monoisotopic (exact) mass is 401 g/mol. The van der Waals surface area contributed by atoms with Gasteiger partial charge in [-0.25, -0.2) is 4.98 Å². The third-order valence-electron chi connectivity index (χ3n) is 4.77. The van der Waals surface area contributed by atoms with E-state index in [0.29, 0.717) is 21.7 Å². The number of halogens is 1. The number of hydrogen-bond acceptors (Lipinski definition) is 5. The molecule has 0 amide bonds. The van der Waals surface area contributed by atoms with Gasteiger partial charge in [-0.3, -0.25) is 14.9 Å². The number of H-pyrrole nitrogens is 1. The molecule has 138 valence electrons. The van der Waals surface area contributed by atoms with Crippen molar-refractivity contribution in [2.75, 3.05) is 0 Å². The zero-order valence-electron chi connectivity index (χ0n) is 14.5. The smallest absolute Gasteiger partial charge is 0.270 e. The van der Waals surface area contributed by atoms with E-state index in [2.05, 4.69) is 16.9 Å². The molecule has 0 saturated carbocycles. The Hall–Kier alpha value is -2.51. The van der Waals surface area contributed by atoms with Gasteiger partial charge in [0.1, 0.15) is 4.83 Å². The van der Waals surface area contributed by atoms with E-state index < -0.39 is 4.92 Å². The summed E-state index contributed by atoms with van der Waals surface area (Å²) in [7, 11) is 0. The quantitative estimate of drug-likeness (QED) is 0.506. The molecule has 2 heterocycles. The Morgan fingerprint density at radius 1 is 1.48 bits per heavy atom. The minimum absolute atomic E-state index is 0.0230. The molecule has 1 N–H and O–H groups in total. The third-order valence-corrected chi connectivity index (χ3v) is 6.20. The van der Waals surface area contributed by atoms with Crippen LogP contribution in [-0.4, -0.2) is 14.9 Å². The summed E-state index contributed by atoms with van der Waals surface area (Å²) in [5.74, 6) is 0.883. The van der Waals surface area contributed by atoms with Crippen molar-refractivity contribution >= 4 is 50.0 Å². The number of rotatable bonds is 3. The number of aryl methyl sites for hydroxylation is 1. The molecule has 0 spiro atoms. The van der Waals surface area contributed by atoms with Crippen molar-refractivity contribution in [3.05, 3.63) is 66.6 Å². The van der Waals surface area contributed by atoms with Crippen molar-refractivity contribution in [2.45, 2.75) is 26.2 Å². The van der Waals surface area contributed by atoms with Gasteiger partial charge in [-0.1, -0.05) is 30.7 Å². The van der Waals surface area contributed by atoms with Gasteiger partial charge in [-0.05, 0) is 42.4 Å². The predicted octanol–water partition coefficient (Wildman–Crippen LogP) is 4.75. The van der Waals surface area contributed by atoms with Crippen LogP contribution in [0.15, 0.2) is 29.1 Å². The number of non-ortho nitro benzene ring substituents is 1. The molecule has 0 saturated heterocycles. The van der Waals surface area contributed by atoms with E-state index in [4.69, 9.17) is 11.6 Å². The normalized spacial score (nSPS) is 17.1. The fourth-order valence-electron chi connectivity index (χ4n) is 3.40. The van der Waals surface area contributed by atoms with E-state index in [1.54, 1.807) is 29.5 Å². The molecule has 1 aromatic carbocycles. The first-order valence-electron chi connectivity index (χ1n) is 8.59. The predicted molar refractivity (Wildman–Crippen MR) is 108 cm³/mol. The van der Waals surface area contributed by atoms with Gasteiger partial charge in [0.15, 0.2) is 5.82 Å². The van der Waals surface area contributed by atoms with Crippen LogP contribution in [0.5, 0.6) is 0 Å². The molecule has 8 heteroatoms. The van der Waals surface area contributed by atoms with E-state index in [-0.39, 0.29) is 22.1 Å². The molecule has 4 rings (SSSR count). The summed E-state index contributed by atoms with van der Waals surface area (Å²) in [4.78, 5) is 32.3. The standard InChI is InChI=1S/C19H16ClN3O3S/c1-10-5-6-13-15(7-10)27-19-16(13)18(24)21-17(22-19)14(20)9-11-3-2-4-12(8-11)23(25)26/h2-4,8-10H,5-7H2,1H3,(H,21,22,24)/b14-9-/t10-/m0/s1. The molecular weight excluding hydrogens is 386 g/mol. The number of hydrogen-bond donors (Lipinski definition) is 1. The topological polar surface area (TPSA) is 88.9 Å². The van der Waals surface area contributed by atoms with Gasteiger partial charge in [-0.15, -0.1) is 11.3 Å². The molecule has 2 aromatic heterocycles. The summed E-state index contributed by atoms with van der Waals surface area (Å²) in [6.45, 7) is 2.22. The minimum Gasteiger partial charge on any atom is -0.305 e. The number of aromatic nitrogens is 2. The fourth-order valence-corrected chi connectivity index (χ4v) is 5.00. The average molecular weight is 402 g/mol. The zero-order chi connectivity index (χ0) is 19.1. The van der Waals surface area contributed by atoms with Gasteiger partial charge < -0.3 is 4.98 Å². The first-order valence-corrected chi connectivity index (χ1v) is 9.78. The molecule has 1 aliphatic rings. The largest absolute Gasteiger partial charge is 0.305 e. The fraction of sp³-hybridized carbons (Fsp3) is 0.263. The lowest BCUT2D eigenvalue weighted by atomic mass is 9.89. The van der Waals surface area contributed by atoms with Crippen LogP contribution in [0.3, 0.4) is 0 Å². The first-order chi connectivity index (χ1) is 12.9. The van der Waals surface area contributed by atoms with Crippen LogP contribution in [0.1, 0.15) is 35.2 Å². The van der Waals surface area contributed by atoms with Crippen molar-refractivity contribution in [1.29, 1.82) is 0 Å². The lowest BCUT2D eigenvalue weighted by molar-refractivity contribution is -0.384. The maximum absolute atomic E-state index is 12.7. The lowest BCUT2D eigenvalue weighted by Gasteiger charge is -2.17. The van der Waals surface area contributed by atoms with Crippen LogP contribution >= 0.6 is 22.9 Å². The van der Waals surface area contributed by atoms with E-state index in [1.807, 2.05) is 0 Å². The van der Waals surface area contributed by atoms with Crippen LogP contribution in [-0.2, 0) is 12.8 Å². The molecule has 0 radical (unpaired) electrons. The molecule has 0 bridgehead atoms. The molecule has 1 atom stereocenters. The van der Waals surface area contributed by atoms with E-state index in [9.17, 15) is 14.9 Å². The van der Waals surface area contributed by atoms with Crippen LogP contribution in [0.2, 0.25) is 0 Å². The second-order valence-electron chi connectivity index (χ2n) is 6.79. The highest BCUT2D eigenvalue weighted by Crippen LogP contribution is 2.36. The summed E-state index contributed by atoms with van der Waals surface area (Å²) in [5, 5.41) is 11.8. The Morgan fingerprint density at radius 2 is 2.30 bits per heavy atom. The lowest BCUT2D eigenvalue weighted by Crippen LogP contribution is -2.14. The summed E-state index contributed by atoms with van der Waals surface area (Å²) in [6.07, 6.45) is 4.52. The Bertz CT molecular complexity index is 1150. The number of thiophene rings is 1. The average Bonchev–Trinajstić information content (AvgIpc) is 2.99. The van der Waals surface area contributed by atoms with Gasteiger partial charge in [-0.2, -0.15) is 0 Å². The molecule has 1 aliphatic carbocycles. The molecule has 3 aromatic rings. The summed E-state index contributed by atoms with van der Waals surface area (Å²) in [5.41, 5.74) is 1.47. The van der Waals surface area contributed by atoms with E-state index >= 15 is 0 Å². The van der Waals surface area contributed by atoms with Crippen molar-refractivity contribution in [2.24, 2.45) is 5.92 Å². The van der Waals surface area contributed by atoms with E-state index in [0.717, 1.165) is 24.8 Å². The number of nitro benzene ring substituents is 1. The highest BCUT2D eigenvalue weighted by atomic mass is 35.5. The van der Waals surface area contributed by atoms with Gasteiger partial charge in [0, 0.05) is 17.0 Å². The summed E-state index contributed by atoms with van der Waals surface area (Å²) in [6, 6.07) is 6.12. The van der Waals surface area contributed by atoms with Gasteiger partial charge in [0.25, 0.3) is 11.2 Å². The second kappa shape index (κ2) is 6.90. The number of aromatic amines is 1. The van der Waals surface area contributed by atoms with Crippen molar-refractivity contribution < 1.29 is 4.92 Å². The molecule has 0 unspecified atom stereocenters. The molecule has 0 aliphatic heterocycles. The van der Waals surface area contributed by atoms with Crippen molar-refractivity contribution in [1.82, 2.24) is 9.97 Å². The Balaban J connectivity index is 1.77. The number of benzene rings is 1. The first kappa shape index (κ1) is 17.9. The SMILES string of the molecule is C[C@H]1CCc2c(sc3nc(/C(Cl)=C/c4cccc([N+](=O)[O-])c4)[nH]c(=O)c23)C1. The summed E-state index contributed by atoms with van der Waals surface area (Å²) >= 11 is 7.91. The van der Waals surface area contributed by atoms with Crippen LogP contribution in [0.4, 0.5) is 5.69 Å². The van der Waals surface area contributed by atoms with Crippen LogP contribution in [0, 0.1) is 16.0 Å². The van der Waals surface area contributed by atoms with Gasteiger partial charge in [0.2, 0.25) is 0 Å². The second-order valence-corrected chi connectivity index (χ2v) is 8.28. The number of nitrogens with zero attached hydrogens (tertiary/aromatic N) is 2. The van der Waals surface area contributed by atoms with Crippen molar-refractivity contribution in [3.8, 4) is 0 Å². The number of nitro groups is 1. The third kappa shape index (κ3) is 3.40. The molecule has 27 heavy (non-hydrogen) atoms. The highest BCUT2D eigenvalue weighted by Gasteiger charge is 2.23. The van der Waals surface area contributed by atoms with E-state index in [1.165, 1.54) is 17.0 Å². The minimum atomic E-state index is -0.464.